The van der Waals surface area contributed by atoms with Gasteiger partial charge >= 0.3 is 6.03 Å². The second-order valence-electron chi connectivity index (χ2n) is 5.90. The van der Waals surface area contributed by atoms with Crippen LogP contribution in [0.5, 0.6) is 0 Å². The number of nitro benzene ring substituents is 1. The molecule has 1 aliphatic heterocycles. The summed E-state index contributed by atoms with van der Waals surface area (Å²) in [6.07, 6.45) is 0.854. The fraction of sp³-hybridized carbons (Fsp3) is 0.533. The summed E-state index contributed by atoms with van der Waals surface area (Å²) in [5.74, 6) is 0. The van der Waals surface area contributed by atoms with Gasteiger partial charge in [-0.3, -0.25) is 10.1 Å². The van der Waals surface area contributed by atoms with Gasteiger partial charge in [-0.15, -0.1) is 0 Å². The Hall–Kier alpha value is -2.11. The molecular formula is C15H21N3O3. The van der Waals surface area contributed by atoms with Crippen LogP contribution in [0.1, 0.15) is 32.8 Å². The third-order valence-corrected chi connectivity index (χ3v) is 4.09. The standard InChI is InChI=1S/C15H21N3O3/c1-4-17-14(19)16(10-9-15(17,2)3)11-12-7-5-6-8-13(12)18(20)21/h5-8H,4,9-11H2,1-3H3. The lowest BCUT2D eigenvalue weighted by molar-refractivity contribution is -0.385. The molecule has 2 amide bonds. The highest BCUT2D eigenvalue weighted by atomic mass is 16.6. The fourth-order valence-corrected chi connectivity index (χ4v) is 2.81. The Bertz CT molecular complexity index is 557. The molecule has 0 atom stereocenters. The topological polar surface area (TPSA) is 66.7 Å². The third-order valence-electron chi connectivity index (χ3n) is 4.09. The highest BCUT2D eigenvalue weighted by Crippen LogP contribution is 2.28. The van der Waals surface area contributed by atoms with Gasteiger partial charge in [0.1, 0.15) is 0 Å². The minimum absolute atomic E-state index is 0.0492. The molecule has 1 fully saturated rings. The lowest BCUT2D eigenvalue weighted by Crippen LogP contribution is -2.58. The molecule has 0 unspecified atom stereocenters. The second kappa shape index (κ2) is 5.71. The molecule has 0 spiro atoms. The molecule has 21 heavy (non-hydrogen) atoms. The van der Waals surface area contributed by atoms with Gasteiger partial charge in [-0.2, -0.15) is 0 Å². The molecule has 6 heteroatoms. The minimum atomic E-state index is -0.398. The first-order valence-corrected chi connectivity index (χ1v) is 7.15. The van der Waals surface area contributed by atoms with Crippen molar-refractivity contribution in [1.29, 1.82) is 0 Å². The van der Waals surface area contributed by atoms with Crippen LogP contribution < -0.4 is 0 Å². The van der Waals surface area contributed by atoms with Gasteiger partial charge in [0.25, 0.3) is 5.69 Å². The second-order valence-corrected chi connectivity index (χ2v) is 5.90. The molecule has 0 bridgehead atoms. The number of amides is 2. The van der Waals surface area contributed by atoms with E-state index in [0.717, 1.165) is 6.42 Å². The molecule has 0 aromatic heterocycles. The van der Waals surface area contributed by atoms with Crippen LogP contribution >= 0.6 is 0 Å². The molecule has 1 aromatic rings. The summed E-state index contributed by atoms with van der Waals surface area (Å²) in [5.41, 5.74) is 0.482. The first kappa shape index (κ1) is 15.3. The largest absolute Gasteiger partial charge is 0.320 e. The van der Waals surface area contributed by atoms with E-state index in [1.165, 1.54) is 6.07 Å². The van der Waals surface area contributed by atoms with Crippen LogP contribution in [0.25, 0.3) is 0 Å². The van der Waals surface area contributed by atoms with Gasteiger partial charge in [0, 0.05) is 30.3 Å². The molecule has 1 aromatic carbocycles. The number of rotatable bonds is 4. The molecule has 6 nitrogen and oxygen atoms in total. The van der Waals surface area contributed by atoms with Gasteiger partial charge < -0.3 is 9.80 Å². The minimum Gasteiger partial charge on any atom is -0.320 e. The van der Waals surface area contributed by atoms with Crippen molar-refractivity contribution in [1.82, 2.24) is 9.80 Å². The number of nitro groups is 1. The summed E-state index contributed by atoms with van der Waals surface area (Å²) in [6, 6.07) is 6.54. The summed E-state index contributed by atoms with van der Waals surface area (Å²) in [7, 11) is 0. The van der Waals surface area contributed by atoms with E-state index in [0.29, 0.717) is 18.7 Å². The van der Waals surface area contributed by atoms with Gasteiger partial charge in [0.15, 0.2) is 0 Å². The third kappa shape index (κ3) is 2.99. The van der Waals surface area contributed by atoms with E-state index in [4.69, 9.17) is 0 Å². The highest BCUT2D eigenvalue weighted by Gasteiger charge is 2.38. The Balaban J connectivity index is 2.21. The van der Waals surface area contributed by atoms with Crippen LogP contribution in [0.4, 0.5) is 10.5 Å². The zero-order valence-electron chi connectivity index (χ0n) is 12.7. The van der Waals surface area contributed by atoms with E-state index in [1.54, 1.807) is 23.1 Å². The Kier molecular flexibility index (Phi) is 4.16. The average Bonchev–Trinajstić information content (AvgIpc) is 2.42. The maximum Gasteiger partial charge on any atom is 0.320 e. The number of para-hydroxylation sites is 1. The Morgan fingerprint density at radius 2 is 2.00 bits per heavy atom. The summed E-state index contributed by atoms with van der Waals surface area (Å²) < 4.78 is 0. The van der Waals surface area contributed by atoms with Crippen molar-refractivity contribution >= 4 is 11.7 Å². The van der Waals surface area contributed by atoms with Crippen LogP contribution in [-0.2, 0) is 6.54 Å². The molecule has 114 valence electrons. The van der Waals surface area contributed by atoms with Gasteiger partial charge in [-0.25, -0.2) is 4.79 Å². The van der Waals surface area contributed by atoms with Crippen LogP contribution in [0.2, 0.25) is 0 Å². The van der Waals surface area contributed by atoms with Crippen molar-refractivity contribution in [3.8, 4) is 0 Å². The lowest BCUT2D eigenvalue weighted by atomic mass is 9.95. The number of nitrogens with zero attached hydrogens (tertiary/aromatic N) is 3. The lowest BCUT2D eigenvalue weighted by Gasteiger charge is -2.46. The number of benzene rings is 1. The van der Waals surface area contributed by atoms with Crippen molar-refractivity contribution in [2.75, 3.05) is 13.1 Å². The molecule has 0 aliphatic carbocycles. The van der Waals surface area contributed by atoms with Crippen molar-refractivity contribution in [3.05, 3.63) is 39.9 Å². The number of urea groups is 1. The van der Waals surface area contributed by atoms with Gasteiger partial charge in [-0.05, 0) is 27.2 Å². The molecular weight excluding hydrogens is 270 g/mol. The Morgan fingerprint density at radius 3 is 2.62 bits per heavy atom. The Labute approximate surface area is 124 Å². The zero-order chi connectivity index (χ0) is 15.6. The highest BCUT2D eigenvalue weighted by molar-refractivity contribution is 5.76. The maximum atomic E-state index is 12.5. The fourth-order valence-electron chi connectivity index (χ4n) is 2.81. The van der Waals surface area contributed by atoms with Crippen molar-refractivity contribution < 1.29 is 9.72 Å². The predicted molar refractivity (Wildman–Crippen MR) is 80.0 cm³/mol. The normalized spacial score (nSPS) is 18.0. The zero-order valence-corrected chi connectivity index (χ0v) is 12.7. The van der Waals surface area contributed by atoms with Gasteiger partial charge in [-0.1, -0.05) is 18.2 Å². The number of carbonyl (C=O) groups is 1. The van der Waals surface area contributed by atoms with Crippen LogP contribution in [0.15, 0.2) is 24.3 Å². The van der Waals surface area contributed by atoms with E-state index in [2.05, 4.69) is 13.8 Å². The van der Waals surface area contributed by atoms with E-state index in [1.807, 2.05) is 11.8 Å². The number of hydrogen-bond acceptors (Lipinski definition) is 3. The van der Waals surface area contributed by atoms with Crippen LogP contribution in [0.3, 0.4) is 0 Å². The van der Waals surface area contributed by atoms with Crippen molar-refractivity contribution in [2.45, 2.75) is 39.3 Å². The number of hydrogen-bond donors (Lipinski definition) is 0. The van der Waals surface area contributed by atoms with Crippen molar-refractivity contribution in [2.24, 2.45) is 0 Å². The molecule has 2 rings (SSSR count). The van der Waals surface area contributed by atoms with E-state index >= 15 is 0 Å². The first-order valence-electron chi connectivity index (χ1n) is 7.15. The SMILES string of the molecule is CCN1C(=O)N(Cc2ccccc2[N+](=O)[O-])CCC1(C)C. The molecule has 1 aliphatic rings. The predicted octanol–water partition coefficient (Wildman–Crippen LogP) is 3.02. The Morgan fingerprint density at radius 1 is 1.33 bits per heavy atom. The quantitative estimate of drug-likeness (QED) is 0.632. The maximum absolute atomic E-state index is 12.5. The van der Waals surface area contributed by atoms with Gasteiger partial charge in [0.2, 0.25) is 0 Å². The molecule has 1 heterocycles. The van der Waals surface area contributed by atoms with E-state index in [-0.39, 0.29) is 23.8 Å². The van der Waals surface area contributed by atoms with E-state index < -0.39 is 4.92 Å². The summed E-state index contributed by atoms with van der Waals surface area (Å²) in [5, 5.41) is 11.1. The number of carbonyl (C=O) groups excluding carboxylic acids is 1. The molecule has 0 radical (unpaired) electrons. The monoisotopic (exact) mass is 291 g/mol. The first-order chi connectivity index (χ1) is 9.86. The smallest absolute Gasteiger partial charge is 0.320 e. The summed E-state index contributed by atoms with van der Waals surface area (Å²) in [4.78, 5) is 26.7. The molecule has 1 saturated heterocycles. The van der Waals surface area contributed by atoms with Crippen molar-refractivity contribution in [3.63, 3.8) is 0 Å². The summed E-state index contributed by atoms with van der Waals surface area (Å²) in [6.45, 7) is 7.59. The van der Waals surface area contributed by atoms with E-state index in [9.17, 15) is 14.9 Å². The van der Waals surface area contributed by atoms with Crippen LogP contribution in [0, 0.1) is 10.1 Å². The molecule has 0 N–H and O–H groups in total. The van der Waals surface area contributed by atoms with Crippen LogP contribution in [-0.4, -0.2) is 39.4 Å². The summed E-state index contributed by atoms with van der Waals surface area (Å²) >= 11 is 0. The van der Waals surface area contributed by atoms with Gasteiger partial charge in [0.05, 0.1) is 11.5 Å². The average molecular weight is 291 g/mol. The molecule has 0 saturated carbocycles.